The highest BCUT2D eigenvalue weighted by atomic mass is 16.5. The van der Waals surface area contributed by atoms with E-state index >= 15 is 0 Å². The summed E-state index contributed by atoms with van der Waals surface area (Å²) in [7, 11) is 0. The molecule has 0 unspecified atom stereocenters. The van der Waals surface area contributed by atoms with Crippen molar-refractivity contribution in [3.63, 3.8) is 0 Å². The van der Waals surface area contributed by atoms with Gasteiger partial charge in [0.15, 0.2) is 0 Å². The van der Waals surface area contributed by atoms with Crippen LogP contribution in [0.5, 0.6) is 0 Å². The standard InChI is InChI=1S/C46H86O2/c1-4-5-6-7-8-9-10-11-21-25-28-31-34-37-40-43-46(47)48-44-41-38-35-32-29-26-23-20-18-16-14-12-13-15-17-19-22-24-27-30-33-36-39-42-45(2)3/h5-6,8-9,11,21,45H,4,7,10,12-20,22-44H2,1-3H3/b6-5-,9-8-,21-11-. The molecule has 0 spiro atoms. The molecule has 0 amide bonds. The summed E-state index contributed by atoms with van der Waals surface area (Å²) in [5.41, 5.74) is 0. The molecule has 2 nitrogen and oxygen atoms in total. The van der Waals surface area contributed by atoms with Gasteiger partial charge in [0.1, 0.15) is 0 Å². The van der Waals surface area contributed by atoms with Crippen molar-refractivity contribution in [2.75, 3.05) is 6.61 Å². The Hall–Kier alpha value is -1.31. The van der Waals surface area contributed by atoms with Crippen molar-refractivity contribution in [2.45, 2.75) is 239 Å². The van der Waals surface area contributed by atoms with Crippen molar-refractivity contribution >= 4 is 5.97 Å². The fourth-order valence-corrected chi connectivity index (χ4v) is 6.51. The summed E-state index contributed by atoms with van der Waals surface area (Å²) in [4.78, 5) is 12.0. The fraction of sp³-hybridized carbons (Fsp3) is 0.848. The van der Waals surface area contributed by atoms with Gasteiger partial charge in [0.05, 0.1) is 6.61 Å². The molecule has 0 heterocycles. The van der Waals surface area contributed by atoms with Gasteiger partial charge >= 0.3 is 5.97 Å². The highest BCUT2D eigenvalue weighted by Crippen LogP contribution is 2.16. The Bertz CT molecular complexity index is 703. The zero-order valence-electron chi connectivity index (χ0n) is 33.1. The Morgan fingerprint density at radius 2 is 0.792 bits per heavy atom. The largest absolute Gasteiger partial charge is 0.466 e. The number of allylic oxidation sites excluding steroid dienone is 6. The molecule has 0 aromatic carbocycles. The summed E-state index contributed by atoms with van der Waals surface area (Å²) in [6.07, 6.45) is 58.2. The summed E-state index contributed by atoms with van der Waals surface area (Å²) in [5.74, 6) is 0.894. The quantitative estimate of drug-likeness (QED) is 0.0369. The maximum Gasteiger partial charge on any atom is 0.305 e. The molecule has 0 N–H and O–H groups in total. The number of carbonyl (C=O) groups is 1. The van der Waals surface area contributed by atoms with E-state index in [1.165, 1.54) is 173 Å². The summed E-state index contributed by atoms with van der Waals surface area (Å²) >= 11 is 0. The summed E-state index contributed by atoms with van der Waals surface area (Å²) < 4.78 is 5.46. The lowest BCUT2D eigenvalue weighted by Crippen LogP contribution is -2.05. The van der Waals surface area contributed by atoms with Crippen LogP contribution in [-0.4, -0.2) is 12.6 Å². The second-order valence-electron chi connectivity index (χ2n) is 15.1. The fourth-order valence-electron chi connectivity index (χ4n) is 6.51. The third-order valence-electron chi connectivity index (χ3n) is 9.72. The maximum absolute atomic E-state index is 12.0. The summed E-state index contributed by atoms with van der Waals surface area (Å²) in [6, 6.07) is 0. The van der Waals surface area contributed by atoms with E-state index in [-0.39, 0.29) is 5.97 Å². The van der Waals surface area contributed by atoms with Crippen LogP contribution in [0, 0.1) is 5.92 Å². The lowest BCUT2D eigenvalue weighted by atomic mass is 10.0. The molecule has 2 heteroatoms. The van der Waals surface area contributed by atoms with Gasteiger partial charge in [-0.25, -0.2) is 0 Å². The SMILES string of the molecule is CC/C=C\C/C=C\C/C=C\CCCCCCCC(=O)OCCCCCCCCCCCCCCCCCCCCCCCCCC(C)C. The molecule has 0 saturated carbocycles. The second-order valence-corrected chi connectivity index (χ2v) is 15.1. The van der Waals surface area contributed by atoms with Crippen molar-refractivity contribution in [3.05, 3.63) is 36.5 Å². The van der Waals surface area contributed by atoms with Gasteiger partial charge in [0, 0.05) is 6.42 Å². The van der Waals surface area contributed by atoms with Crippen LogP contribution in [0.2, 0.25) is 0 Å². The van der Waals surface area contributed by atoms with Crippen LogP contribution in [0.4, 0.5) is 0 Å². The van der Waals surface area contributed by atoms with Crippen LogP contribution in [0.25, 0.3) is 0 Å². The normalized spacial score (nSPS) is 12.1. The average molecular weight is 671 g/mol. The molecule has 0 aromatic rings. The van der Waals surface area contributed by atoms with Crippen molar-refractivity contribution < 1.29 is 9.53 Å². The predicted octanol–water partition coefficient (Wildman–Crippen LogP) is 16.1. The molecular formula is C46H86O2. The van der Waals surface area contributed by atoms with Gasteiger partial charge in [-0.15, -0.1) is 0 Å². The van der Waals surface area contributed by atoms with Crippen LogP contribution >= 0.6 is 0 Å². The van der Waals surface area contributed by atoms with Crippen LogP contribution in [0.3, 0.4) is 0 Å². The van der Waals surface area contributed by atoms with Gasteiger partial charge in [0.2, 0.25) is 0 Å². The number of rotatable bonds is 39. The minimum atomic E-state index is 0.00955. The first-order valence-electron chi connectivity index (χ1n) is 21.8. The second kappa shape index (κ2) is 41.9. The number of hydrogen-bond donors (Lipinski definition) is 0. The van der Waals surface area contributed by atoms with Gasteiger partial charge in [0.25, 0.3) is 0 Å². The zero-order chi connectivity index (χ0) is 34.9. The van der Waals surface area contributed by atoms with Crippen LogP contribution in [0.1, 0.15) is 239 Å². The van der Waals surface area contributed by atoms with Crippen LogP contribution in [0.15, 0.2) is 36.5 Å². The molecule has 0 aromatic heterocycles. The third-order valence-corrected chi connectivity index (χ3v) is 9.72. The lowest BCUT2D eigenvalue weighted by molar-refractivity contribution is -0.143. The highest BCUT2D eigenvalue weighted by molar-refractivity contribution is 5.69. The smallest absolute Gasteiger partial charge is 0.305 e. The Kier molecular flexibility index (Phi) is 40.7. The van der Waals surface area contributed by atoms with E-state index in [2.05, 4.69) is 57.2 Å². The van der Waals surface area contributed by atoms with E-state index < -0.39 is 0 Å². The Labute approximate surface area is 302 Å². The molecule has 0 radical (unpaired) electrons. The van der Waals surface area contributed by atoms with E-state index in [9.17, 15) is 4.79 Å². The van der Waals surface area contributed by atoms with Crippen molar-refractivity contribution in [1.29, 1.82) is 0 Å². The van der Waals surface area contributed by atoms with Gasteiger partial charge in [-0.05, 0) is 50.9 Å². The average Bonchev–Trinajstić information content (AvgIpc) is 3.08. The van der Waals surface area contributed by atoms with Gasteiger partial charge in [-0.1, -0.05) is 224 Å². The Balaban J connectivity index is 3.19. The molecule has 0 fully saturated rings. The predicted molar refractivity (Wildman–Crippen MR) is 216 cm³/mol. The Morgan fingerprint density at radius 3 is 1.23 bits per heavy atom. The number of hydrogen-bond acceptors (Lipinski definition) is 2. The number of esters is 1. The summed E-state index contributed by atoms with van der Waals surface area (Å²) in [5, 5.41) is 0. The molecular weight excluding hydrogens is 585 g/mol. The molecule has 282 valence electrons. The van der Waals surface area contributed by atoms with Gasteiger partial charge in [-0.3, -0.25) is 4.79 Å². The van der Waals surface area contributed by atoms with E-state index in [1.807, 2.05) is 0 Å². The van der Waals surface area contributed by atoms with Crippen LogP contribution < -0.4 is 0 Å². The monoisotopic (exact) mass is 671 g/mol. The Morgan fingerprint density at radius 1 is 0.438 bits per heavy atom. The van der Waals surface area contributed by atoms with E-state index in [0.29, 0.717) is 13.0 Å². The first kappa shape index (κ1) is 46.7. The van der Waals surface area contributed by atoms with Crippen molar-refractivity contribution in [1.82, 2.24) is 0 Å². The zero-order valence-corrected chi connectivity index (χ0v) is 33.1. The van der Waals surface area contributed by atoms with Crippen molar-refractivity contribution in [2.24, 2.45) is 5.92 Å². The molecule has 0 aliphatic rings. The topological polar surface area (TPSA) is 26.3 Å². The molecule has 0 atom stereocenters. The van der Waals surface area contributed by atoms with E-state index in [0.717, 1.165) is 44.4 Å². The first-order chi connectivity index (χ1) is 23.7. The first-order valence-corrected chi connectivity index (χ1v) is 21.8. The highest BCUT2D eigenvalue weighted by Gasteiger charge is 2.03. The van der Waals surface area contributed by atoms with E-state index in [1.54, 1.807) is 0 Å². The maximum atomic E-state index is 12.0. The third kappa shape index (κ3) is 42.7. The molecule has 0 rings (SSSR count). The molecule has 0 aliphatic heterocycles. The van der Waals surface area contributed by atoms with Gasteiger partial charge in [-0.2, -0.15) is 0 Å². The lowest BCUT2D eigenvalue weighted by Gasteiger charge is -2.06. The summed E-state index contributed by atoms with van der Waals surface area (Å²) in [6.45, 7) is 7.48. The molecule has 48 heavy (non-hydrogen) atoms. The van der Waals surface area contributed by atoms with E-state index in [4.69, 9.17) is 4.74 Å². The molecule has 0 aliphatic carbocycles. The molecule has 0 saturated heterocycles. The van der Waals surface area contributed by atoms with Crippen LogP contribution in [-0.2, 0) is 9.53 Å². The molecule has 0 bridgehead atoms. The minimum Gasteiger partial charge on any atom is -0.466 e. The minimum absolute atomic E-state index is 0.00955. The van der Waals surface area contributed by atoms with Crippen molar-refractivity contribution in [3.8, 4) is 0 Å². The number of ether oxygens (including phenoxy) is 1. The number of unbranched alkanes of at least 4 members (excludes halogenated alkanes) is 27. The van der Waals surface area contributed by atoms with Gasteiger partial charge < -0.3 is 4.74 Å². The number of carbonyl (C=O) groups excluding carboxylic acids is 1.